The highest BCUT2D eigenvalue weighted by Gasteiger charge is 2.21. The van der Waals surface area contributed by atoms with Gasteiger partial charge in [0.1, 0.15) is 0 Å². The number of hydrogen-bond donors (Lipinski definition) is 0. The first-order valence-electron chi connectivity index (χ1n) is 7.67. The summed E-state index contributed by atoms with van der Waals surface area (Å²) in [7, 11) is 1.94. The van der Waals surface area contributed by atoms with Crippen LogP contribution in [-0.4, -0.2) is 51.7 Å². The molecule has 118 valence electrons. The smallest absolute Gasteiger partial charge is 0.263 e. The van der Waals surface area contributed by atoms with Gasteiger partial charge in [-0.05, 0) is 25.5 Å². The van der Waals surface area contributed by atoms with E-state index in [0.29, 0.717) is 0 Å². The lowest BCUT2D eigenvalue weighted by Gasteiger charge is -2.21. The molecule has 0 bridgehead atoms. The molecule has 0 radical (unpaired) electrons. The first-order chi connectivity index (χ1) is 10.6. The van der Waals surface area contributed by atoms with Crippen LogP contribution < -0.4 is 0 Å². The number of rotatable bonds is 3. The number of amides is 1. The Balaban J connectivity index is 1.58. The standard InChI is InChI=1S/C16H22N4OS/c1-13-4-5-15(22-13)16(21)20-7-3-6-19(8-9-20)12-14-10-17-18(2)11-14/h4-5,10-11H,3,6-9,12H2,1-2H3. The molecule has 1 saturated heterocycles. The molecule has 1 fully saturated rings. The van der Waals surface area contributed by atoms with Crippen LogP contribution in [0.1, 0.15) is 26.5 Å². The fourth-order valence-electron chi connectivity index (χ4n) is 2.85. The first-order valence-corrected chi connectivity index (χ1v) is 8.49. The van der Waals surface area contributed by atoms with E-state index in [2.05, 4.69) is 16.2 Å². The van der Waals surface area contributed by atoms with Crippen molar-refractivity contribution >= 4 is 17.2 Å². The van der Waals surface area contributed by atoms with Crippen molar-refractivity contribution in [3.05, 3.63) is 39.8 Å². The van der Waals surface area contributed by atoms with Crippen molar-refractivity contribution < 1.29 is 4.79 Å². The Hall–Kier alpha value is -1.66. The molecule has 22 heavy (non-hydrogen) atoms. The molecule has 3 rings (SSSR count). The predicted octanol–water partition coefficient (Wildman–Crippen LogP) is 2.14. The van der Waals surface area contributed by atoms with E-state index in [9.17, 15) is 4.79 Å². The largest absolute Gasteiger partial charge is 0.337 e. The number of aromatic nitrogens is 2. The number of aryl methyl sites for hydroxylation is 2. The summed E-state index contributed by atoms with van der Waals surface area (Å²) < 4.78 is 1.84. The minimum atomic E-state index is 0.182. The van der Waals surface area contributed by atoms with Gasteiger partial charge in [-0.1, -0.05) is 0 Å². The third-order valence-electron chi connectivity index (χ3n) is 3.99. The number of carbonyl (C=O) groups excluding carboxylic acids is 1. The molecule has 2 aromatic heterocycles. The Kier molecular flexibility index (Phi) is 4.59. The van der Waals surface area contributed by atoms with Crippen LogP contribution in [0.5, 0.6) is 0 Å². The molecule has 0 unspecified atom stereocenters. The Morgan fingerprint density at radius 1 is 1.27 bits per heavy atom. The third-order valence-corrected chi connectivity index (χ3v) is 4.98. The zero-order valence-electron chi connectivity index (χ0n) is 13.2. The lowest BCUT2D eigenvalue weighted by atomic mass is 10.3. The normalized spacial score (nSPS) is 16.7. The quantitative estimate of drug-likeness (QED) is 0.871. The van der Waals surface area contributed by atoms with Crippen LogP contribution in [0, 0.1) is 6.92 Å². The second-order valence-electron chi connectivity index (χ2n) is 5.85. The Morgan fingerprint density at radius 3 is 2.82 bits per heavy atom. The van der Waals surface area contributed by atoms with Gasteiger partial charge >= 0.3 is 0 Å². The Bertz CT molecular complexity index is 648. The van der Waals surface area contributed by atoms with Gasteiger partial charge in [0.2, 0.25) is 0 Å². The van der Waals surface area contributed by atoms with Gasteiger partial charge < -0.3 is 4.90 Å². The molecule has 0 aliphatic carbocycles. The summed E-state index contributed by atoms with van der Waals surface area (Å²) in [5.74, 6) is 0.182. The monoisotopic (exact) mass is 318 g/mol. The average Bonchev–Trinajstić information content (AvgIpc) is 3.02. The number of carbonyl (C=O) groups is 1. The maximum absolute atomic E-state index is 12.5. The SMILES string of the molecule is Cc1ccc(C(=O)N2CCCN(Cc3cnn(C)c3)CC2)s1. The Labute approximate surface area is 135 Å². The molecule has 0 spiro atoms. The van der Waals surface area contributed by atoms with Crippen molar-refractivity contribution in [3.8, 4) is 0 Å². The van der Waals surface area contributed by atoms with Gasteiger partial charge in [-0.25, -0.2) is 0 Å². The molecule has 0 aromatic carbocycles. The summed E-state index contributed by atoms with van der Waals surface area (Å²) in [5, 5.41) is 4.22. The van der Waals surface area contributed by atoms with Crippen LogP contribution in [0.3, 0.4) is 0 Å². The van der Waals surface area contributed by atoms with E-state index < -0.39 is 0 Å². The maximum Gasteiger partial charge on any atom is 0.263 e. The van der Waals surface area contributed by atoms with Crippen LogP contribution in [0.25, 0.3) is 0 Å². The van der Waals surface area contributed by atoms with E-state index in [1.807, 2.05) is 41.9 Å². The molecule has 1 aliphatic heterocycles. The highest BCUT2D eigenvalue weighted by Crippen LogP contribution is 2.18. The van der Waals surface area contributed by atoms with Crippen LogP contribution in [0.4, 0.5) is 0 Å². The second kappa shape index (κ2) is 6.62. The molecule has 2 aromatic rings. The summed E-state index contributed by atoms with van der Waals surface area (Å²) in [4.78, 5) is 19.0. The molecule has 3 heterocycles. The lowest BCUT2D eigenvalue weighted by Crippen LogP contribution is -2.34. The van der Waals surface area contributed by atoms with E-state index >= 15 is 0 Å². The van der Waals surface area contributed by atoms with Crippen molar-refractivity contribution in [2.75, 3.05) is 26.2 Å². The van der Waals surface area contributed by atoms with Crippen LogP contribution in [-0.2, 0) is 13.6 Å². The molecular formula is C16H22N4OS. The summed E-state index contributed by atoms with van der Waals surface area (Å²) in [5.41, 5.74) is 1.23. The fraction of sp³-hybridized carbons (Fsp3) is 0.500. The number of thiophene rings is 1. The van der Waals surface area contributed by atoms with Crippen LogP contribution >= 0.6 is 11.3 Å². The zero-order valence-corrected chi connectivity index (χ0v) is 14.0. The predicted molar refractivity (Wildman–Crippen MR) is 88.1 cm³/mol. The average molecular weight is 318 g/mol. The summed E-state index contributed by atoms with van der Waals surface area (Å²) in [6.07, 6.45) is 5.00. The Morgan fingerprint density at radius 2 is 2.14 bits per heavy atom. The molecule has 6 heteroatoms. The summed E-state index contributed by atoms with van der Waals surface area (Å²) in [6, 6.07) is 3.96. The van der Waals surface area contributed by atoms with Crippen LogP contribution in [0.2, 0.25) is 0 Å². The molecule has 0 N–H and O–H groups in total. The van der Waals surface area contributed by atoms with E-state index in [1.165, 1.54) is 10.4 Å². The molecule has 5 nitrogen and oxygen atoms in total. The van der Waals surface area contributed by atoms with E-state index in [1.54, 1.807) is 11.3 Å². The van der Waals surface area contributed by atoms with Crippen molar-refractivity contribution in [3.63, 3.8) is 0 Å². The fourth-order valence-corrected chi connectivity index (χ4v) is 3.68. The lowest BCUT2D eigenvalue weighted by molar-refractivity contribution is 0.0766. The molecular weight excluding hydrogens is 296 g/mol. The molecule has 1 amide bonds. The highest BCUT2D eigenvalue weighted by atomic mass is 32.1. The van der Waals surface area contributed by atoms with Crippen molar-refractivity contribution in [2.45, 2.75) is 19.9 Å². The summed E-state index contributed by atoms with van der Waals surface area (Å²) in [6.45, 7) is 6.55. The number of hydrogen-bond acceptors (Lipinski definition) is 4. The molecule has 0 atom stereocenters. The van der Waals surface area contributed by atoms with Gasteiger partial charge in [0.15, 0.2) is 0 Å². The second-order valence-corrected chi connectivity index (χ2v) is 7.14. The van der Waals surface area contributed by atoms with Crippen molar-refractivity contribution in [2.24, 2.45) is 7.05 Å². The maximum atomic E-state index is 12.5. The summed E-state index contributed by atoms with van der Waals surface area (Å²) >= 11 is 1.59. The van der Waals surface area contributed by atoms with Gasteiger partial charge in [-0.15, -0.1) is 11.3 Å². The van der Waals surface area contributed by atoms with E-state index in [4.69, 9.17) is 0 Å². The van der Waals surface area contributed by atoms with Crippen molar-refractivity contribution in [1.29, 1.82) is 0 Å². The minimum absolute atomic E-state index is 0.182. The van der Waals surface area contributed by atoms with E-state index in [-0.39, 0.29) is 5.91 Å². The van der Waals surface area contributed by atoms with E-state index in [0.717, 1.165) is 44.0 Å². The van der Waals surface area contributed by atoms with Crippen LogP contribution in [0.15, 0.2) is 24.5 Å². The van der Waals surface area contributed by atoms with Gasteiger partial charge in [0.05, 0.1) is 11.1 Å². The minimum Gasteiger partial charge on any atom is -0.337 e. The number of nitrogens with zero attached hydrogens (tertiary/aromatic N) is 4. The zero-order chi connectivity index (χ0) is 15.5. The van der Waals surface area contributed by atoms with Gasteiger partial charge in [0, 0.05) is 56.4 Å². The van der Waals surface area contributed by atoms with Gasteiger partial charge in [-0.2, -0.15) is 5.10 Å². The van der Waals surface area contributed by atoms with Gasteiger partial charge in [-0.3, -0.25) is 14.4 Å². The first kappa shape index (κ1) is 15.2. The van der Waals surface area contributed by atoms with Crippen molar-refractivity contribution in [1.82, 2.24) is 19.6 Å². The topological polar surface area (TPSA) is 41.4 Å². The molecule has 1 aliphatic rings. The molecule has 0 saturated carbocycles. The van der Waals surface area contributed by atoms with Gasteiger partial charge in [0.25, 0.3) is 5.91 Å². The third kappa shape index (κ3) is 3.56. The highest BCUT2D eigenvalue weighted by molar-refractivity contribution is 7.13.